The minimum Gasteiger partial charge on any atom is -0.276 e. The zero-order chi connectivity index (χ0) is 17.2. The van der Waals surface area contributed by atoms with E-state index in [1.165, 1.54) is 12.4 Å². The number of benzene rings is 2. The molecule has 5 nitrogen and oxygen atoms in total. The van der Waals surface area contributed by atoms with Crippen LogP contribution in [0.2, 0.25) is 0 Å². The first kappa shape index (κ1) is 16.0. The summed E-state index contributed by atoms with van der Waals surface area (Å²) in [6.45, 7) is 0. The number of halogens is 2. The predicted molar refractivity (Wildman–Crippen MR) is 84.6 cm³/mol. The van der Waals surface area contributed by atoms with Gasteiger partial charge < -0.3 is 0 Å². The van der Waals surface area contributed by atoms with E-state index >= 15 is 0 Å². The molecule has 1 aromatic heterocycles. The summed E-state index contributed by atoms with van der Waals surface area (Å²) in [5, 5.41) is 0. The molecule has 0 fully saturated rings. The number of nitrogens with zero attached hydrogens (tertiary/aromatic N) is 2. The summed E-state index contributed by atoms with van der Waals surface area (Å²) in [6.07, 6.45) is 2.54. The highest BCUT2D eigenvalue weighted by molar-refractivity contribution is 7.92. The van der Waals surface area contributed by atoms with Crippen molar-refractivity contribution in [1.82, 2.24) is 9.97 Å². The fraction of sp³-hybridized carbons (Fsp3) is 0. The lowest BCUT2D eigenvalue weighted by atomic mass is 10.2. The number of aromatic nitrogens is 2. The van der Waals surface area contributed by atoms with Crippen LogP contribution in [-0.4, -0.2) is 18.4 Å². The smallest absolute Gasteiger partial charge is 0.264 e. The Labute approximate surface area is 137 Å². The Hall–Kier alpha value is -2.87. The van der Waals surface area contributed by atoms with Gasteiger partial charge in [0.2, 0.25) is 0 Å². The maximum atomic E-state index is 13.6. The van der Waals surface area contributed by atoms with Crippen LogP contribution in [-0.2, 0) is 10.0 Å². The van der Waals surface area contributed by atoms with Crippen molar-refractivity contribution in [3.05, 3.63) is 72.6 Å². The second kappa shape index (κ2) is 6.32. The fourth-order valence-corrected chi connectivity index (χ4v) is 3.11. The van der Waals surface area contributed by atoms with E-state index in [2.05, 4.69) is 14.7 Å². The van der Waals surface area contributed by atoms with Crippen LogP contribution in [0.25, 0.3) is 11.4 Å². The molecule has 1 heterocycles. The summed E-state index contributed by atoms with van der Waals surface area (Å²) in [5.41, 5.74) is 0.842. The van der Waals surface area contributed by atoms with E-state index in [9.17, 15) is 17.2 Å². The third kappa shape index (κ3) is 3.38. The molecule has 3 aromatic rings. The van der Waals surface area contributed by atoms with Gasteiger partial charge in [-0.25, -0.2) is 27.2 Å². The Morgan fingerprint density at radius 3 is 2.21 bits per heavy atom. The highest BCUT2D eigenvalue weighted by atomic mass is 32.2. The van der Waals surface area contributed by atoms with Gasteiger partial charge >= 0.3 is 0 Å². The van der Waals surface area contributed by atoms with Gasteiger partial charge in [0.05, 0.1) is 18.1 Å². The van der Waals surface area contributed by atoms with Gasteiger partial charge in [-0.3, -0.25) is 4.72 Å². The Kier molecular flexibility index (Phi) is 4.22. The van der Waals surface area contributed by atoms with Crippen LogP contribution in [0, 0.1) is 11.6 Å². The summed E-state index contributed by atoms with van der Waals surface area (Å²) >= 11 is 0. The van der Waals surface area contributed by atoms with Gasteiger partial charge in [0.1, 0.15) is 16.5 Å². The Morgan fingerprint density at radius 2 is 1.58 bits per heavy atom. The summed E-state index contributed by atoms with van der Waals surface area (Å²) in [4.78, 5) is 7.49. The molecular formula is C16H11F2N3O2S. The molecular weight excluding hydrogens is 336 g/mol. The van der Waals surface area contributed by atoms with Gasteiger partial charge in [0, 0.05) is 11.6 Å². The Bertz CT molecular complexity index is 962. The van der Waals surface area contributed by atoms with E-state index < -0.39 is 26.6 Å². The molecule has 1 N–H and O–H groups in total. The Morgan fingerprint density at radius 1 is 0.917 bits per heavy atom. The second-order valence-electron chi connectivity index (χ2n) is 4.84. The molecule has 0 aliphatic carbocycles. The van der Waals surface area contributed by atoms with Crippen molar-refractivity contribution < 1.29 is 17.2 Å². The number of sulfonamides is 1. The lowest BCUT2D eigenvalue weighted by molar-refractivity contribution is 0.551. The summed E-state index contributed by atoms with van der Waals surface area (Å²) in [7, 11) is -4.21. The van der Waals surface area contributed by atoms with Crippen molar-refractivity contribution in [2.24, 2.45) is 0 Å². The predicted octanol–water partition coefficient (Wildman–Crippen LogP) is 3.22. The van der Waals surface area contributed by atoms with E-state index in [0.717, 1.165) is 17.7 Å². The van der Waals surface area contributed by atoms with Crippen molar-refractivity contribution in [2.75, 3.05) is 4.72 Å². The van der Waals surface area contributed by atoms with E-state index in [1.807, 2.05) is 30.3 Å². The SMILES string of the molecule is O=S(=O)(Nc1cnc(-c2ccccc2)nc1)c1ccc(F)cc1F. The molecule has 8 heteroatoms. The van der Waals surface area contributed by atoms with Crippen LogP contribution in [0.15, 0.2) is 65.8 Å². The zero-order valence-corrected chi connectivity index (χ0v) is 13.0. The first-order valence-corrected chi connectivity index (χ1v) is 8.29. The van der Waals surface area contributed by atoms with Gasteiger partial charge in [-0.2, -0.15) is 0 Å². The second-order valence-corrected chi connectivity index (χ2v) is 6.49. The third-order valence-electron chi connectivity index (χ3n) is 3.12. The van der Waals surface area contributed by atoms with Gasteiger partial charge in [-0.1, -0.05) is 30.3 Å². The molecule has 24 heavy (non-hydrogen) atoms. The molecule has 0 saturated heterocycles. The van der Waals surface area contributed by atoms with Crippen LogP contribution in [0.5, 0.6) is 0 Å². The van der Waals surface area contributed by atoms with Crippen molar-refractivity contribution in [1.29, 1.82) is 0 Å². The maximum absolute atomic E-state index is 13.6. The van der Waals surface area contributed by atoms with Crippen molar-refractivity contribution in [3.63, 3.8) is 0 Å². The van der Waals surface area contributed by atoms with E-state index in [1.54, 1.807) is 0 Å². The maximum Gasteiger partial charge on any atom is 0.264 e. The normalized spacial score (nSPS) is 11.2. The van der Waals surface area contributed by atoms with Crippen LogP contribution in [0.1, 0.15) is 0 Å². The largest absolute Gasteiger partial charge is 0.276 e. The van der Waals surface area contributed by atoms with Crippen molar-refractivity contribution in [2.45, 2.75) is 4.90 Å². The van der Waals surface area contributed by atoms with E-state index in [-0.39, 0.29) is 5.69 Å². The van der Waals surface area contributed by atoms with E-state index in [0.29, 0.717) is 11.9 Å². The average Bonchev–Trinajstić information content (AvgIpc) is 2.55. The molecule has 0 aliphatic heterocycles. The van der Waals surface area contributed by atoms with Crippen LogP contribution >= 0.6 is 0 Å². The number of hydrogen-bond donors (Lipinski definition) is 1. The number of nitrogens with one attached hydrogen (secondary N) is 1. The highest BCUT2D eigenvalue weighted by Crippen LogP contribution is 2.20. The Balaban J connectivity index is 1.85. The first-order chi connectivity index (χ1) is 11.5. The van der Waals surface area contributed by atoms with Crippen LogP contribution < -0.4 is 4.72 Å². The van der Waals surface area contributed by atoms with Crippen LogP contribution in [0.3, 0.4) is 0 Å². The van der Waals surface area contributed by atoms with Crippen molar-refractivity contribution >= 4 is 15.7 Å². The van der Waals surface area contributed by atoms with Gasteiger partial charge in [-0.15, -0.1) is 0 Å². The number of hydrogen-bond acceptors (Lipinski definition) is 4. The van der Waals surface area contributed by atoms with Crippen molar-refractivity contribution in [3.8, 4) is 11.4 Å². The molecule has 0 radical (unpaired) electrons. The summed E-state index contributed by atoms with van der Waals surface area (Å²) < 4.78 is 53.0. The quantitative estimate of drug-likeness (QED) is 0.786. The topological polar surface area (TPSA) is 72.0 Å². The molecule has 0 aliphatic rings. The van der Waals surface area contributed by atoms with Gasteiger partial charge in [-0.05, 0) is 12.1 Å². The monoisotopic (exact) mass is 347 g/mol. The van der Waals surface area contributed by atoms with E-state index in [4.69, 9.17) is 0 Å². The lowest BCUT2D eigenvalue weighted by Crippen LogP contribution is -2.15. The molecule has 0 saturated carbocycles. The van der Waals surface area contributed by atoms with Gasteiger partial charge in [0.25, 0.3) is 10.0 Å². The van der Waals surface area contributed by atoms with Gasteiger partial charge in [0.15, 0.2) is 5.82 Å². The molecule has 3 rings (SSSR count). The zero-order valence-electron chi connectivity index (χ0n) is 12.1. The lowest BCUT2D eigenvalue weighted by Gasteiger charge is -2.09. The summed E-state index contributed by atoms with van der Waals surface area (Å²) in [5.74, 6) is -1.61. The highest BCUT2D eigenvalue weighted by Gasteiger charge is 2.20. The fourth-order valence-electron chi connectivity index (χ4n) is 2.02. The first-order valence-electron chi connectivity index (χ1n) is 6.81. The molecule has 2 aromatic carbocycles. The molecule has 0 unspecified atom stereocenters. The molecule has 0 atom stereocenters. The molecule has 0 spiro atoms. The number of anilines is 1. The summed E-state index contributed by atoms with van der Waals surface area (Å²) in [6, 6.07) is 11.4. The molecule has 0 bridgehead atoms. The minimum atomic E-state index is -4.21. The standard InChI is InChI=1S/C16H11F2N3O2S/c17-12-6-7-15(14(18)8-12)24(22,23)21-13-9-19-16(20-10-13)11-4-2-1-3-5-11/h1-10,21H. The average molecular weight is 347 g/mol. The van der Waals surface area contributed by atoms with Crippen LogP contribution in [0.4, 0.5) is 14.5 Å². The molecule has 0 amide bonds. The third-order valence-corrected chi connectivity index (χ3v) is 4.53. The minimum absolute atomic E-state index is 0.0680. The molecule has 122 valence electrons. The number of rotatable bonds is 4.